The normalized spacial score (nSPS) is 20.3. The highest BCUT2D eigenvalue weighted by atomic mass is 32.1. The molecule has 102 valence electrons. The monoisotopic (exact) mass is 269 g/mol. The molecule has 0 aliphatic carbocycles. The Balaban J connectivity index is 1.98. The summed E-state index contributed by atoms with van der Waals surface area (Å²) in [6.45, 7) is 8.96. The summed E-state index contributed by atoms with van der Waals surface area (Å²) in [6.07, 6.45) is 2.18. The number of nitrogens with zero attached hydrogens (tertiary/aromatic N) is 2. The molecule has 1 atom stereocenters. The molecule has 1 saturated heterocycles. The fraction of sp³-hybridized carbons (Fsp3) is 0.769. The Labute approximate surface area is 113 Å². The lowest BCUT2D eigenvalue weighted by atomic mass is 10.2. The lowest BCUT2D eigenvalue weighted by Crippen LogP contribution is -2.50. The number of hydrogen-bond acceptors (Lipinski definition) is 5. The van der Waals surface area contributed by atoms with Gasteiger partial charge in [-0.05, 0) is 19.4 Å². The van der Waals surface area contributed by atoms with E-state index in [4.69, 9.17) is 9.72 Å². The molecule has 1 fully saturated rings. The molecule has 4 nitrogen and oxygen atoms in total. The van der Waals surface area contributed by atoms with Crippen molar-refractivity contribution in [3.05, 3.63) is 11.1 Å². The zero-order valence-electron chi connectivity index (χ0n) is 11.3. The van der Waals surface area contributed by atoms with Crippen LogP contribution in [0.25, 0.3) is 0 Å². The maximum absolute atomic E-state index is 5.59. The minimum absolute atomic E-state index is 0.418. The van der Waals surface area contributed by atoms with Gasteiger partial charge in [-0.25, -0.2) is 4.98 Å². The predicted octanol–water partition coefficient (Wildman–Crippen LogP) is 1.91. The average Bonchev–Trinajstić information content (AvgIpc) is 2.88. The van der Waals surface area contributed by atoms with E-state index in [0.29, 0.717) is 6.04 Å². The van der Waals surface area contributed by atoms with Crippen LogP contribution in [0.4, 0.5) is 5.13 Å². The second-order valence-corrected chi connectivity index (χ2v) is 5.44. The molecule has 0 aromatic carbocycles. The van der Waals surface area contributed by atoms with Gasteiger partial charge in [-0.3, -0.25) is 0 Å². The van der Waals surface area contributed by atoms with Crippen LogP contribution in [-0.2, 0) is 11.2 Å². The van der Waals surface area contributed by atoms with E-state index in [1.54, 1.807) is 11.3 Å². The molecule has 2 heterocycles. The van der Waals surface area contributed by atoms with Gasteiger partial charge < -0.3 is 15.0 Å². The summed E-state index contributed by atoms with van der Waals surface area (Å²) in [5.41, 5.74) is 1.20. The minimum atomic E-state index is 0.418. The van der Waals surface area contributed by atoms with E-state index in [2.05, 4.69) is 29.4 Å². The fourth-order valence-corrected chi connectivity index (χ4v) is 3.12. The zero-order chi connectivity index (χ0) is 12.8. The Morgan fingerprint density at radius 3 is 3.17 bits per heavy atom. The smallest absolute Gasteiger partial charge is 0.185 e. The van der Waals surface area contributed by atoms with Crippen LogP contribution in [0.15, 0.2) is 5.38 Å². The van der Waals surface area contributed by atoms with Crippen LogP contribution >= 0.6 is 11.3 Å². The third kappa shape index (κ3) is 3.43. The minimum Gasteiger partial charge on any atom is -0.377 e. The summed E-state index contributed by atoms with van der Waals surface area (Å²) < 4.78 is 5.59. The molecule has 1 aliphatic rings. The lowest BCUT2D eigenvalue weighted by molar-refractivity contribution is 0.0938. The molecular formula is C13H23N3OS. The van der Waals surface area contributed by atoms with Gasteiger partial charge in [0, 0.05) is 18.5 Å². The van der Waals surface area contributed by atoms with Crippen molar-refractivity contribution in [1.29, 1.82) is 0 Å². The van der Waals surface area contributed by atoms with E-state index in [0.717, 1.165) is 44.4 Å². The summed E-state index contributed by atoms with van der Waals surface area (Å²) in [5.74, 6) is 0. The van der Waals surface area contributed by atoms with Crippen molar-refractivity contribution in [3.8, 4) is 0 Å². The summed E-state index contributed by atoms with van der Waals surface area (Å²) >= 11 is 1.76. The second-order valence-electron chi connectivity index (χ2n) is 4.60. The van der Waals surface area contributed by atoms with E-state index in [-0.39, 0.29) is 0 Å². The molecule has 0 saturated carbocycles. The van der Waals surface area contributed by atoms with Crippen molar-refractivity contribution in [1.82, 2.24) is 10.3 Å². The van der Waals surface area contributed by atoms with Gasteiger partial charge in [-0.2, -0.15) is 0 Å². The second kappa shape index (κ2) is 7.07. The van der Waals surface area contributed by atoms with Crippen molar-refractivity contribution in [2.45, 2.75) is 32.7 Å². The topological polar surface area (TPSA) is 37.4 Å². The van der Waals surface area contributed by atoms with Crippen LogP contribution in [0.5, 0.6) is 0 Å². The molecule has 0 spiro atoms. The predicted molar refractivity (Wildman–Crippen MR) is 76.6 cm³/mol. The van der Waals surface area contributed by atoms with Crippen LogP contribution in [0.2, 0.25) is 0 Å². The van der Waals surface area contributed by atoms with Gasteiger partial charge in [-0.15, -0.1) is 11.3 Å². The van der Waals surface area contributed by atoms with Crippen molar-refractivity contribution < 1.29 is 4.74 Å². The molecule has 0 bridgehead atoms. The number of thiazole rings is 1. The number of aryl methyl sites for hydroxylation is 1. The SMILES string of the molecule is CCCNCC1COCCN1c1nc(CC)cs1. The highest BCUT2D eigenvalue weighted by Gasteiger charge is 2.24. The molecule has 2 rings (SSSR count). The largest absolute Gasteiger partial charge is 0.377 e. The summed E-state index contributed by atoms with van der Waals surface area (Å²) in [7, 11) is 0. The van der Waals surface area contributed by atoms with Crippen LogP contribution < -0.4 is 10.2 Å². The van der Waals surface area contributed by atoms with E-state index in [1.165, 1.54) is 12.1 Å². The summed E-state index contributed by atoms with van der Waals surface area (Å²) in [6, 6.07) is 0.418. The van der Waals surface area contributed by atoms with E-state index in [1.807, 2.05) is 0 Å². The molecule has 0 radical (unpaired) electrons. The number of ether oxygens (including phenoxy) is 1. The van der Waals surface area contributed by atoms with Crippen molar-refractivity contribution in [2.75, 3.05) is 37.7 Å². The number of anilines is 1. The third-order valence-electron chi connectivity index (χ3n) is 3.18. The van der Waals surface area contributed by atoms with Gasteiger partial charge in [0.2, 0.25) is 0 Å². The zero-order valence-corrected chi connectivity index (χ0v) is 12.1. The molecule has 1 N–H and O–H groups in total. The number of morpholine rings is 1. The van der Waals surface area contributed by atoms with Crippen LogP contribution in [0.1, 0.15) is 26.0 Å². The summed E-state index contributed by atoms with van der Waals surface area (Å²) in [5, 5.41) is 6.80. The van der Waals surface area contributed by atoms with Crippen LogP contribution in [0.3, 0.4) is 0 Å². The van der Waals surface area contributed by atoms with Gasteiger partial charge in [0.1, 0.15) is 0 Å². The molecule has 18 heavy (non-hydrogen) atoms. The highest BCUT2D eigenvalue weighted by Crippen LogP contribution is 2.24. The number of aromatic nitrogens is 1. The lowest BCUT2D eigenvalue weighted by Gasteiger charge is -2.35. The number of rotatable bonds is 6. The first-order chi connectivity index (χ1) is 8.85. The van der Waals surface area contributed by atoms with Crippen molar-refractivity contribution >= 4 is 16.5 Å². The first kappa shape index (κ1) is 13.8. The maximum atomic E-state index is 5.59. The molecule has 1 aromatic rings. The van der Waals surface area contributed by atoms with Gasteiger partial charge in [0.25, 0.3) is 0 Å². The van der Waals surface area contributed by atoms with E-state index < -0.39 is 0 Å². The average molecular weight is 269 g/mol. The molecular weight excluding hydrogens is 246 g/mol. The summed E-state index contributed by atoms with van der Waals surface area (Å²) in [4.78, 5) is 7.09. The Kier molecular flexibility index (Phi) is 5.41. The quantitative estimate of drug-likeness (QED) is 0.801. The van der Waals surface area contributed by atoms with Crippen LogP contribution in [-0.4, -0.2) is 43.9 Å². The van der Waals surface area contributed by atoms with Gasteiger partial charge in [0.05, 0.1) is 24.9 Å². The van der Waals surface area contributed by atoms with E-state index >= 15 is 0 Å². The Hall–Kier alpha value is -0.650. The number of hydrogen-bond donors (Lipinski definition) is 1. The van der Waals surface area contributed by atoms with Gasteiger partial charge in [-0.1, -0.05) is 13.8 Å². The van der Waals surface area contributed by atoms with E-state index in [9.17, 15) is 0 Å². The van der Waals surface area contributed by atoms with Crippen molar-refractivity contribution in [2.24, 2.45) is 0 Å². The van der Waals surface area contributed by atoms with Crippen LogP contribution in [0, 0.1) is 0 Å². The number of nitrogens with one attached hydrogen (secondary N) is 1. The Morgan fingerprint density at radius 2 is 2.44 bits per heavy atom. The first-order valence-corrected chi connectivity index (χ1v) is 7.72. The molecule has 1 aromatic heterocycles. The maximum Gasteiger partial charge on any atom is 0.185 e. The molecule has 5 heteroatoms. The standard InChI is InChI=1S/C13H23N3OS/c1-3-5-14-8-12-9-17-7-6-16(12)13-15-11(4-2)10-18-13/h10,12,14H,3-9H2,1-2H3. The Bertz CT molecular complexity index is 356. The molecule has 0 amide bonds. The third-order valence-corrected chi connectivity index (χ3v) is 4.11. The van der Waals surface area contributed by atoms with Crippen molar-refractivity contribution in [3.63, 3.8) is 0 Å². The van der Waals surface area contributed by atoms with Gasteiger partial charge >= 0.3 is 0 Å². The highest BCUT2D eigenvalue weighted by molar-refractivity contribution is 7.13. The fourth-order valence-electron chi connectivity index (χ4n) is 2.11. The molecule has 1 aliphatic heterocycles. The molecule has 1 unspecified atom stereocenters. The first-order valence-electron chi connectivity index (χ1n) is 6.84. The Morgan fingerprint density at radius 1 is 1.56 bits per heavy atom. The van der Waals surface area contributed by atoms with Gasteiger partial charge in [0.15, 0.2) is 5.13 Å².